The van der Waals surface area contributed by atoms with E-state index in [0.717, 1.165) is 11.3 Å². The summed E-state index contributed by atoms with van der Waals surface area (Å²) in [7, 11) is 3.11. The number of carbonyl (C=O) groups excluding carboxylic acids is 1. The van der Waals surface area contributed by atoms with E-state index < -0.39 is 0 Å². The molecule has 0 aliphatic heterocycles. The monoisotopic (exact) mass is 429 g/mol. The molecule has 0 radical (unpaired) electrons. The number of ketones is 1. The summed E-state index contributed by atoms with van der Waals surface area (Å²) in [5.41, 5.74) is 2.38. The molecule has 150 valence electrons. The fourth-order valence-electron chi connectivity index (χ4n) is 3.01. The minimum atomic E-state index is -0.242. The van der Waals surface area contributed by atoms with Gasteiger partial charge in [-0.2, -0.15) is 0 Å². The van der Waals surface area contributed by atoms with Crippen LogP contribution in [0.5, 0.6) is 11.5 Å². The molecule has 0 spiro atoms. The minimum Gasteiger partial charge on any atom is -0.493 e. The molecule has 0 aliphatic carbocycles. The van der Waals surface area contributed by atoms with Crippen LogP contribution in [0.4, 0.5) is 5.69 Å². The lowest BCUT2D eigenvalue weighted by molar-refractivity contribution is 0.0976. The second-order valence-electron chi connectivity index (χ2n) is 6.45. The summed E-state index contributed by atoms with van der Waals surface area (Å²) in [6.07, 6.45) is 0.250. The molecule has 0 saturated carbocycles. The van der Waals surface area contributed by atoms with Crippen molar-refractivity contribution in [2.45, 2.75) is 12.5 Å². The predicted molar refractivity (Wildman–Crippen MR) is 118 cm³/mol. The third-order valence-electron chi connectivity index (χ3n) is 4.55. The molecule has 0 bridgehead atoms. The van der Waals surface area contributed by atoms with Gasteiger partial charge in [-0.1, -0.05) is 35.3 Å². The van der Waals surface area contributed by atoms with Gasteiger partial charge < -0.3 is 14.8 Å². The number of halogens is 2. The van der Waals surface area contributed by atoms with E-state index >= 15 is 0 Å². The molecule has 6 heteroatoms. The Morgan fingerprint density at radius 1 is 0.862 bits per heavy atom. The van der Waals surface area contributed by atoms with Gasteiger partial charge in [0.15, 0.2) is 17.3 Å². The predicted octanol–water partition coefficient (Wildman–Crippen LogP) is 6.44. The molecule has 0 aliphatic rings. The Morgan fingerprint density at radius 2 is 1.45 bits per heavy atom. The van der Waals surface area contributed by atoms with Gasteiger partial charge in [0.25, 0.3) is 0 Å². The van der Waals surface area contributed by atoms with Crippen LogP contribution < -0.4 is 14.8 Å². The number of ether oxygens (including phenoxy) is 2. The molecule has 0 fully saturated rings. The van der Waals surface area contributed by atoms with E-state index in [4.69, 9.17) is 32.7 Å². The van der Waals surface area contributed by atoms with Crippen LogP contribution >= 0.6 is 23.2 Å². The van der Waals surface area contributed by atoms with Crippen molar-refractivity contribution < 1.29 is 14.3 Å². The number of benzene rings is 3. The van der Waals surface area contributed by atoms with Crippen LogP contribution in [0.1, 0.15) is 28.4 Å². The number of anilines is 1. The van der Waals surface area contributed by atoms with Crippen LogP contribution in [0.2, 0.25) is 10.0 Å². The minimum absolute atomic E-state index is 0.0210. The summed E-state index contributed by atoms with van der Waals surface area (Å²) in [5, 5.41) is 4.71. The van der Waals surface area contributed by atoms with Crippen molar-refractivity contribution in [1.82, 2.24) is 0 Å². The zero-order valence-corrected chi connectivity index (χ0v) is 17.6. The Morgan fingerprint density at radius 3 is 2.03 bits per heavy atom. The molecule has 4 nitrogen and oxygen atoms in total. The van der Waals surface area contributed by atoms with Gasteiger partial charge in [-0.25, -0.2) is 0 Å². The van der Waals surface area contributed by atoms with E-state index in [1.165, 1.54) is 0 Å². The van der Waals surface area contributed by atoms with Crippen molar-refractivity contribution >= 4 is 34.7 Å². The summed E-state index contributed by atoms with van der Waals surface area (Å²) in [5.74, 6) is 1.08. The van der Waals surface area contributed by atoms with Crippen molar-refractivity contribution in [3.63, 3.8) is 0 Å². The van der Waals surface area contributed by atoms with Crippen LogP contribution in [-0.2, 0) is 0 Å². The maximum absolute atomic E-state index is 13.0. The summed E-state index contributed by atoms with van der Waals surface area (Å²) in [6, 6.07) is 19.8. The lowest BCUT2D eigenvalue weighted by Crippen LogP contribution is -2.16. The lowest BCUT2D eigenvalue weighted by Gasteiger charge is -2.20. The quantitative estimate of drug-likeness (QED) is 0.418. The zero-order chi connectivity index (χ0) is 20.8. The first-order valence-electron chi connectivity index (χ1n) is 9.03. The van der Waals surface area contributed by atoms with E-state index in [1.807, 2.05) is 36.4 Å². The largest absolute Gasteiger partial charge is 0.493 e. The van der Waals surface area contributed by atoms with Crippen LogP contribution in [0.25, 0.3) is 0 Å². The number of nitrogens with one attached hydrogen (secondary N) is 1. The van der Waals surface area contributed by atoms with Crippen molar-refractivity contribution in [2.75, 3.05) is 19.5 Å². The van der Waals surface area contributed by atoms with Gasteiger partial charge in [0, 0.05) is 27.7 Å². The van der Waals surface area contributed by atoms with Gasteiger partial charge >= 0.3 is 0 Å². The smallest absolute Gasteiger partial charge is 0.165 e. The normalized spacial score (nSPS) is 11.6. The van der Waals surface area contributed by atoms with E-state index in [0.29, 0.717) is 27.1 Å². The molecule has 0 amide bonds. The van der Waals surface area contributed by atoms with Crippen LogP contribution in [0.3, 0.4) is 0 Å². The Labute approximate surface area is 180 Å². The third-order valence-corrected chi connectivity index (χ3v) is 5.06. The highest BCUT2D eigenvalue weighted by Crippen LogP contribution is 2.30. The van der Waals surface area contributed by atoms with E-state index in [2.05, 4.69) is 5.32 Å². The summed E-state index contributed by atoms with van der Waals surface area (Å²) < 4.78 is 10.6. The SMILES string of the molecule is COc1ccc(C(=O)CC(Nc2ccc(Cl)cc2)c2ccc(Cl)cc2)cc1OC. The maximum atomic E-state index is 13.0. The molecule has 0 saturated heterocycles. The first-order chi connectivity index (χ1) is 14.0. The van der Waals surface area contributed by atoms with Crippen molar-refractivity contribution in [3.05, 3.63) is 87.9 Å². The number of rotatable bonds is 8. The molecule has 1 N–H and O–H groups in total. The number of Topliss-reactive ketones (excluding diaryl/α,β-unsaturated/α-hetero) is 1. The van der Waals surface area contributed by atoms with E-state index in [1.54, 1.807) is 44.6 Å². The second-order valence-corrected chi connectivity index (χ2v) is 7.33. The van der Waals surface area contributed by atoms with Crippen molar-refractivity contribution in [1.29, 1.82) is 0 Å². The van der Waals surface area contributed by atoms with Gasteiger partial charge in [-0.05, 0) is 60.2 Å². The number of methoxy groups -OCH3 is 2. The molecular formula is C23H21Cl2NO3. The highest BCUT2D eigenvalue weighted by molar-refractivity contribution is 6.30. The highest BCUT2D eigenvalue weighted by atomic mass is 35.5. The zero-order valence-electron chi connectivity index (χ0n) is 16.1. The highest BCUT2D eigenvalue weighted by Gasteiger charge is 2.19. The first kappa shape index (κ1) is 21.0. The second kappa shape index (κ2) is 9.68. The van der Waals surface area contributed by atoms with Crippen molar-refractivity contribution in [3.8, 4) is 11.5 Å². The molecule has 3 rings (SSSR count). The molecule has 1 unspecified atom stereocenters. The number of hydrogen-bond acceptors (Lipinski definition) is 4. The maximum Gasteiger partial charge on any atom is 0.165 e. The van der Waals surface area contributed by atoms with Crippen molar-refractivity contribution in [2.24, 2.45) is 0 Å². The van der Waals surface area contributed by atoms with E-state index in [9.17, 15) is 4.79 Å². The molecule has 29 heavy (non-hydrogen) atoms. The van der Waals surface area contributed by atoms with Crippen LogP contribution in [0.15, 0.2) is 66.7 Å². The summed E-state index contributed by atoms with van der Waals surface area (Å²) >= 11 is 12.0. The fraction of sp³-hybridized carbons (Fsp3) is 0.174. The van der Waals surface area contributed by atoms with Crippen LogP contribution in [-0.4, -0.2) is 20.0 Å². The molecular weight excluding hydrogens is 409 g/mol. The Kier molecular flexibility index (Phi) is 7.02. The fourth-order valence-corrected chi connectivity index (χ4v) is 3.26. The molecule has 3 aromatic carbocycles. The van der Waals surface area contributed by atoms with Gasteiger partial charge in [0.2, 0.25) is 0 Å². The standard InChI is InChI=1S/C23H21Cl2NO3/c1-28-22-12-5-16(13-23(22)29-2)21(27)14-20(15-3-6-17(24)7-4-15)26-19-10-8-18(25)9-11-19/h3-13,20,26H,14H2,1-2H3. The van der Waals surface area contributed by atoms with Gasteiger partial charge in [0.1, 0.15) is 0 Å². The van der Waals surface area contributed by atoms with Gasteiger partial charge in [-0.15, -0.1) is 0 Å². The topological polar surface area (TPSA) is 47.6 Å². The van der Waals surface area contributed by atoms with Gasteiger partial charge in [0.05, 0.1) is 20.3 Å². The number of hydrogen-bond donors (Lipinski definition) is 1. The first-order valence-corrected chi connectivity index (χ1v) is 9.78. The van der Waals surface area contributed by atoms with E-state index in [-0.39, 0.29) is 18.2 Å². The number of carbonyl (C=O) groups is 1. The van der Waals surface area contributed by atoms with Crippen LogP contribution in [0, 0.1) is 0 Å². The Hall–Kier alpha value is -2.69. The molecule has 3 aromatic rings. The Balaban J connectivity index is 1.86. The van der Waals surface area contributed by atoms with Gasteiger partial charge in [-0.3, -0.25) is 4.79 Å². The molecule has 1 atom stereocenters. The third kappa shape index (κ3) is 5.43. The average molecular weight is 430 g/mol. The lowest BCUT2D eigenvalue weighted by atomic mass is 9.97. The average Bonchev–Trinajstić information content (AvgIpc) is 2.74. The summed E-state index contributed by atoms with van der Waals surface area (Å²) in [6.45, 7) is 0. The molecule has 0 aromatic heterocycles. The Bertz CT molecular complexity index is 972. The molecule has 0 heterocycles. The summed E-state index contributed by atoms with van der Waals surface area (Å²) in [4.78, 5) is 13.0.